The number of rotatable bonds is 8. The predicted molar refractivity (Wildman–Crippen MR) is 117 cm³/mol. The van der Waals surface area contributed by atoms with E-state index in [4.69, 9.17) is 21.0 Å². The van der Waals surface area contributed by atoms with Crippen LogP contribution in [-0.2, 0) is 25.6 Å². The van der Waals surface area contributed by atoms with Gasteiger partial charge in [-0.1, -0.05) is 47.6 Å². The molecule has 9 nitrogen and oxygen atoms in total. The van der Waals surface area contributed by atoms with Gasteiger partial charge in [0.15, 0.2) is 0 Å². The lowest BCUT2D eigenvalue weighted by molar-refractivity contribution is -0.146. The van der Waals surface area contributed by atoms with Gasteiger partial charge in [0.05, 0.1) is 0 Å². The largest absolute Gasteiger partial charge is 0.444 e. The van der Waals surface area contributed by atoms with E-state index >= 15 is 0 Å². The lowest BCUT2D eigenvalue weighted by Crippen LogP contribution is -2.44. The zero-order valence-electron chi connectivity index (χ0n) is 17.9. The molecule has 0 heterocycles. The van der Waals surface area contributed by atoms with Gasteiger partial charge in [-0.3, -0.25) is 4.79 Å². The molecule has 2 aromatic rings. The molecule has 1 atom stereocenters. The molecule has 0 radical (unpaired) electrons. The molecule has 0 aliphatic heterocycles. The smallest absolute Gasteiger partial charge is 0.408 e. The monoisotopic (exact) mass is 428 g/mol. The molecule has 9 heteroatoms. The van der Waals surface area contributed by atoms with E-state index in [0.29, 0.717) is 0 Å². The lowest BCUT2D eigenvalue weighted by atomic mass is 10.0. The van der Waals surface area contributed by atoms with Gasteiger partial charge >= 0.3 is 12.1 Å². The summed E-state index contributed by atoms with van der Waals surface area (Å²) in [5.74, 6) is -1.42. The summed E-state index contributed by atoms with van der Waals surface area (Å²) in [7, 11) is 0. The quantitative estimate of drug-likeness (QED) is 0.255. The number of carbonyl (C=O) groups is 3. The number of nitrogens with two attached hydrogens (primary N) is 2. The third-order valence-corrected chi connectivity index (χ3v) is 4.16. The van der Waals surface area contributed by atoms with Crippen molar-refractivity contribution in [3.8, 4) is 0 Å². The minimum Gasteiger partial charge on any atom is -0.444 e. The highest BCUT2D eigenvalue weighted by Gasteiger charge is 2.26. The van der Waals surface area contributed by atoms with Gasteiger partial charge in [0, 0.05) is 12.8 Å². The predicted octanol–water partition coefficient (Wildman–Crippen LogP) is 2.36. The van der Waals surface area contributed by atoms with Crippen LogP contribution in [0, 0.1) is 0 Å². The minimum absolute atomic E-state index is 0.0633. The van der Waals surface area contributed by atoms with Crippen molar-refractivity contribution in [1.29, 1.82) is 0 Å². The molecular weight excluding hydrogens is 400 g/mol. The van der Waals surface area contributed by atoms with E-state index in [-0.39, 0.29) is 25.1 Å². The maximum Gasteiger partial charge on any atom is 0.408 e. The fourth-order valence-electron chi connectivity index (χ4n) is 2.83. The highest BCUT2D eigenvalue weighted by atomic mass is 16.7. The Labute approximate surface area is 180 Å². The van der Waals surface area contributed by atoms with Gasteiger partial charge in [0.1, 0.15) is 17.5 Å². The summed E-state index contributed by atoms with van der Waals surface area (Å²) in [6, 6.07) is 12.4. The Bertz CT molecular complexity index is 976. The van der Waals surface area contributed by atoms with Crippen molar-refractivity contribution in [2.75, 3.05) is 0 Å². The van der Waals surface area contributed by atoms with Crippen LogP contribution in [0.2, 0.25) is 0 Å². The Balaban J connectivity index is 2.05. The number of benzene rings is 2. The molecule has 0 aliphatic rings. The fraction of sp³-hybridized carbons (Fsp3) is 0.364. The standard InChI is InChI=1S/C22H28N4O5/c1-22(2,3)30-21(29)25-17(11-12-19(24)27)20(28)31-26-18(23)13-15-9-6-8-14-7-4-5-10-16(14)15/h4-10,17H,11-13H2,1-3H3,(H2,23,26)(H2,24,27)(H,25,29)/t17-/m0/s1. The summed E-state index contributed by atoms with van der Waals surface area (Å²) in [5.41, 5.74) is 11.2. The molecule has 0 aromatic heterocycles. The number of fused-ring (bicyclic) bond motifs is 1. The third-order valence-electron chi connectivity index (χ3n) is 4.16. The summed E-state index contributed by atoms with van der Waals surface area (Å²) in [6.45, 7) is 5.05. The molecule has 166 valence electrons. The number of nitrogens with zero attached hydrogens (tertiary/aromatic N) is 1. The maximum atomic E-state index is 12.4. The number of hydrogen-bond donors (Lipinski definition) is 3. The third kappa shape index (κ3) is 7.96. The average molecular weight is 428 g/mol. The molecule has 0 saturated heterocycles. The molecule has 5 N–H and O–H groups in total. The first kappa shape index (κ1) is 23.7. The summed E-state index contributed by atoms with van der Waals surface area (Å²) >= 11 is 0. The summed E-state index contributed by atoms with van der Waals surface area (Å²) in [5, 5.41) is 8.13. The molecule has 31 heavy (non-hydrogen) atoms. The SMILES string of the molecule is CC(C)(C)OC(=O)N[C@@H](CCC(N)=O)C(=O)O/N=C(\N)Cc1cccc2ccccc12. The number of nitrogens with one attached hydrogen (secondary N) is 1. The van der Waals surface area contributed by atoms with Gasteiger partial charge in [0.25, 0.3) is 0 Å². The zero-order valence-corrected chi connectivity index (χ0v) is 17.9. The van der Waals surface area contributed by atoms with Crippen LogP contribution in [0.4, 0.5) is 4.79 Å². The molecule has 0 unspecified atom stereocenters. The van der Waals surface area contributed by atoms with Crippen molar-refractivity contribution in [2.24, 2.45) is 16.6 Å². The van der Waals surface area contributed by atoms with Crippen molar-refractivity contribution in [1.82, 2.24) is 5.32 Å². The van der Waals surface area contributed by atoms with E-state index in [9.17, 15) is 14.4 Å². The van der Waals surface area contributed by atoms with Gasteiger partial charge < -0.3 is 26.4 Å². The number of oxime groups is 1. The van der Waals surface area contributed by atoms with E-state index in [1.807, 2.05) is 42.5 Å². The Morgan fingerprint density at radius 3 is 2.42 bits per heavy atom. The topological polar surface area (TPSA) is 146 Å². The number of primary amides is 1. The van der Waals surface area contributed by atoms with Crippen LogP contribution in [0.3, 0.4) is 0 Å². The van der Waals surface area contributed by atoms with Crippen molar-refractivity contribution in [3.05, 3.63) is 48.0 Å². The zero-order chi connectivity index (χ0) is 23.0. The van der Waals surface area contributed by atoms with Crippen molar-refractivity contribution in [3.63, 3.8) is 0 Å². The van der Waals surface area contributed by atoms with Crippen molar-refractivity contribution >= 4 is 34.6 Å². The van der Waals surface area contributed by atoms with Crippen LogP contribution < -0.4 is 16.8 Å². The summed E-state index contributed by atoms with van der Waals surface area (Å²) in [6.07, 6.45) is -0.761. The number of carbonyl (C=O) groups excluding carboxylic acids is 3. The molecule has 0 saturated carbocycles. The Hall–Kier alpha value is -3.62. The fourth-order valence-corrected chi connectivity index (χ4v) is 2.83. The van der Waals surface area contributed by atoms with Crippen molar-refractivity contribution in [2.45, 2.75) is 51.7 Å². The second-order valence-corrected chi connectivity index (χ2v) is 8.01. The van der Waals surface area contributed by atoms with Crippen molar-refractivity contribution < 1.29 is 24.0 Å². The van der Waals surface area contributed by atoms with E-state index in [2.05, 4.69) is 10.5 Å². The van der Waals surface area contributed by atoms with Gasteiger partial charge in [0.2, 0.25) is 5.91 Å². The molecule has 2 aromatic carbocycles. The number of ether oxygens (including phenoxy) is 1. The Morgan fingerprint density at radius 1 is 1.06 bits per heavy atom. The normalized spacial score (nSPS) is 12.8. The molecule has 2 rings (SSSR count). The Kier molecular flexibility index (Phi) is 7.95. The first-order valence-corrected chi connectivity index (χ1v) is 9.83. The first-order valence-electron chi connectivity index (χ1n) is 9.83. The van der Waals surface area contributed by atoms with Crippen LogP contribution >= 0.6 is 0 Å². The van der Waals surface area contributed by atoms with Gasteiger partial charge in [-0.05, 0) is 43.5 Å². The first-order chi connectivity index (χ1) is 14.5. The van der Waals surface area contributed by atoms with Crippen LogP contribution in [0.25, 0.3) is 10.8 Å². The molecule has 0 bridgehead atoms. The van der Waals surface area contributed by atoms with E-state index in [1.54, 1.807) is 20.8 Å². The minimum atomic E-state index is -1.17. The molecule has 0 spiro atoms. The van der Waals surface area contributed by atoms with Crippen LogP contribution in [-0.4, -0.2) is 35.4 Å². The van der Waals surface area contributed by atoms with Crippen LogP contribution in [0.1, 0.15) is 39.2 Å². The number of hydrogen-bond acceptors (Lipinski definition) is 6. The number of amides is 2. The highest BCUT2D eigenvalue weighted by Crippen LogP contribution is 2.19. The average Bonchev–Trinajstić information content (AvgIpc) is 2.68. The summed E-state index contributed by atoms with van der Waals surface area (Å²) < 4.78 is 5.14. The highest BCUT2D eigenvalue weighted by molar-refractivity contribution is 5.91. The number of alkyl carbamates (subject to hydrolysis) is 1. The van der Waals surface area contributed by atoms with Gasteiger partial charge in [-0.2, -0.15) is 0 Å². The van der Waals surface area contributed by atoms with Gasteiger partial charge in [-0.25, -0.2) is 9.59 Å². The molecule has 2 amide bonds. The van der Waals surface area contributed by atoms with E-state index in [1.165, 1.54) is 0 Å². The van der Waals surface area contributed by atoms with E-state index in [0.717, 1.165) is 16.3 Å². The molecule has 0 fully saturated rings. The second kappa shape index (κ2) is 10.4. The second-order valence-electron chi connectivity index (χ2n) is 8.01. The maximum absolute atomic E-state index is 12.4. The van der Waals surface area contributed by atoms with Crippen LogP contribution in [0.5, 0.6) is 0 Å². The Morgan fingerprint density at radius 2 is 1.74 bits per heavy atom. The summed E-state index contributed by atoms with van der Waals surface area (Å²) in [4.78, 5) is 40.4. The van der Waals surface area contributed by atoms with Gasteiger partial charge in [-0.15, -0.1) is 0 Å². The molecular formula is C22H28N4O5. The number of amidine groups is 1. The van der Waals surface area contributed by atoms with E-state index < -0.39 is 29.6 Å². The lowest BCUT2D eigenvalue weighted by Gasteiger charge is -2.22. The molecule has 0 aliphatic carbocycles. The van der Waals surface area contributed by atoms with Crippen LogP contribution in [0.15, 0.2) is 47.6 Å².